The molecule has 1 nitrogen and oxygen atoms in total. The summed E-state index contributed by atoms with van der Waals surface area (Å²) in [5.41, 5.74) is 0.735. The van der Waals surface area contributed by atoms with Crippen molar-refractivity contribution in [1.29, 1.82) is 0 Å². The van der Waals surface area contributed by atoms with E-state index in [0.29, 0.717) is 11.1 Å². The molecular formula is C18H35N. The third kappa shape index (κ3) is 3.24. The second kappa shape index (κ2) is 6.92. The van der Waals surface area contributed by atoms with E-state index in [1.165, 1.54) is 44.9 Å². The lowest BCUT2D eigenvalue weighted by Crippen LogP contribution is -2.64. The monoisotopic (exact) mass is 265 g/mol. The standard InChI is InChI=1S/C18H35N/c1-7-12-17(5)14-11-16(10-4)18(6,13-8-2)19(17)15-9-3/h9,16H,3,7-8,10-15H2,1-2,4-6H3. The summed E-state index contributed by atoms with van der Waals surface area (Å²) >= 11 is 0. The third-order valence-corrected chi connectivity index (χ3v) is 5.53. The lowest BCUT2D eigenvalue weighted by atomic mass is 9.67. The van der Waals surface area contributed by atoms with Gasteiger partial charge in [0.15, 0.2) is 0 Å². The summed E-state index contributed by atoms with van der Waals surface area (Å²) in [6, 6.07) is 0. The van der Waals surface area contributed by atoms with Gasteiger partial charge in [-0.15, -0.1) is 6.58 Å². The predicted molar refractivity (Wildman–Crippen MR) is 86.5 cm³/mol. The number of likely N-dealkylation sites (tertiary alicyclic amines) is 1. The molecule has 0 aliphatic carbocycles. The number of hydrogen-bond acceptors (Lipinski definition) is 1. The van der Waals surface area contributed by atoms with Crippen molar-refractivity contribution in [2.75, 3.05) is 6.54 Å². The minimum absolute atomic E-state index is 0.361. The van der Waals surface area contributed by atoms with Gasteiger partial charge in [-0.3, -0.25) is 4.90 Å². The Morgan fingerprint density at radius 1 is 1.16 bits per heavy atom. The highest BCUT2D eigenvalue weighted by atomic mass is 15.3. The summed E-state index contributed by atoms with van der Waals surface area (Å²) in [7, 11) is 0. The van der Waals surface area contributed by atoms with Crippen LogP contribution in [-0.4, -0.2) is 22.5 Å². The van der Waals surface area contributed by atoms with E-state index < -0.39 is 0 Å². The van der Waals surface area contributed by atoms with Crippen LogP contribution in [0.2, 0.25) is 0 Å². The Bertz CT molecular complexity index is 285. The van der Waals surface area contributed by atoms with Crippen molar-refractivity contribution in [3.8, 4) is 0 Å². The van der Waals surface area contributed by atoms with Gasteiger partial charge in [-0.25, -0.2) is 0 Å². The molecule has 1 aliphatic heterocycles. The second-order valence-electron chi connectivity index (χ2n) is 6.90. The van der Waals surface area contributed by atoms with E-state index in [0.717, 1.165) is 12.5 Å². The van der Waals surface area contributed by atoms with Crippen LogP contribution in [0.5, 0.6) is 0 Å². The maximum atomic E-state index is 4.02. The fourth-order valence-electron chi connectivity index (χ4n) is 4.61. The maximum Gasteiger partial charge on any atom is 0.0218 e. The Morgan fingerprint density at radius 2 is 1.79 bits per heavy atom. The van der Waals surface area contributed by atoms with Crippen molar-refractivity contribution in [3.05, 3.63) is 12.7 Å². The molecule has 112 valence electrons. The van der Waals surface area contributed by atoms with E-state index in [1.54, 1.807) is 0 Å². The van der Waals surface area contributed by atoms with E-state index in [-0.39, 0.29) is 0 Å². The lowest BCUT2D eigenvalue weighted by Gasteiger charge is -2.59. The van der Waals surface area contributed by atoms with E-state index >= 15 is 0 Å². The van der Waals surface area contributed by atoms with Crippen LogP contribution in [0.25, 0.3) is 0 Å². The topological polar surface area (TPSA) is 3.24 Å². The Balaban J connectivity index is 3.11. The molecule has 3 atom stereocenters. The Kier molecular flexibility index (Phi) is 6.11. The molecule has 0 aromatic heterocycles. The fraction of sp³-hybridized carbons (Fsp3) is 0.889. The van der Waals surface area contributed by atoms with Gasteiger partial charge in [0.05, 0.1) is 0 Å². The largest absolute Gasteiger partial charge is 0.289 e. The van der Waals surface area contributed by atoms with Crippen LogP contribution in [-0.2, 0) is 0 Å². The molecule has 1 saturated heterocycles. The first-order valence-corrected chi connectivity index (χ1v) is 8.37. The van der Waals surface area contributed by atoms with Crippen LogP contribution >= 0.6 is 0 Å². The van der Waals surface area contributed by atoms with Gasteiger partial charge in [-0.05, 0) is 45.4 Å². The summed E-state index contributed by atoms with van der Waals surface area (Å²) in [5, 5.41) is 0. The molecule has 0 amide bonds. The molecule has 1 heterocycles. The summed E-state index contributed by atoms with van der Waals surface area (Å²) in [4.78, 5) is 2.80. The normalized spacial score (nSPS) is 36.4. The molecule has 1 heteroatoms. The van der Waals surface area contributed by atoms with Gasteiger partial charge in [0, 0.05) is 17.6 Å². The highest BCUT2D eigenvalue weighted by molar-refractivity contribution is 5.06. The fourth-order valence-corrected chi connectivity index (χ4v) is 4.61. The minimum atomic E-state index is 0.361. The van der Waals surface area contributed by atoms with Crippen LogP contribution in [0, 0.1) is 5.92 Å². The van der Waals surface area contributed by atoms with Gasteiger partial charge >= 0.3 is 0 Å². The van der Waals surface area contributed by atoms with Gasteiger partial charge in [-0.2, -0.15) is 0 Å². The van der Waals surface area contributed by atoms with Crippen LogP contribution in [0.15, 0.2) is 12.7 Å². The zero-order valence-electron chi connectivity index (χ0n) is 14.0. The molecule has 1 rings (SSSR count). The quantitative estimate of drug-likeness (QED) is 0.556. The summed E-state index contributed by atoms with van der Waals surface area (Å²) < 4.78 is 0. The van der Waals surface area contributed by atoms with Crippen molar-refractivity contribution in [3.63, 3.8) is 0 Å². The molecule has 3 unspecified atom stereocenters. The summed E-state index contributed by atoms with van der Waals surface area (Å²) in [6.45, 7) is 17.1. The molecule has 1 aliphatic rings. The Hall–Kier alpha value is -0.300. The first-order valence-electron chi connectivity index (χ1n) is 8.37. The predicted octanol–water partition coefficient (Wildman–Crippen LogP) is 5.41. The SMILES string of the molecule is C=CCN1C(C)(CCC)CCC(CC)C1(C)CCC. The van der Waals surface area contributed by atoms with Gasteiger partial charge in [0.2, 0.25) is 0 Å². The first kappa shape index (κ1) is 16.8. The van der Waals surface area contributed by atoms with Crippen molar-refractivity contribution in [1.82, 2.24) is 4.90 Å². The van der Waals surface area contributed by atoms with Crippen LogP contribution in [0.3, 0.4) is 0 Å². The molecule has 0 aromatic carbocycles. The van der Waals surface area contributed by atoms with Gasteiger partial charge in [0.25, 0.3) is 0 Å². The van der Waals surface area contributed by atoms with Crippen molar-refractivity contribution in [2.45, 2.75) is 90.6 Å². The Labute approximate surface area is 121 Å². The molecule has 0 N–H and O–H groups in total. The lowest BCUT2D eigenvalue weighted by molar-refractivity contribution is -0.0849. The third-order valence-electron chi connectivity index (χ3n) is 5.53. The molecule has 1 fully saturated rings. The van der Waals surface area contributed by atoms with Crippen molar-refractivity contribution < 1.29 is 0 Å². The molecular weight excluding hydrogens is 230 g/mol. The average Bonchev–Trinajstić information content (AvgIpc) is 2.35. The van der Waals surface area contributed by atoms with E-state index in [4.69, 9.17) is 0 Å². The molecule has 0 saturated carbocycles. The van der Waals surface area contributed by atoms with Gasteiger partial charge < -0.3 is 0 Å². The Morgan fingerprint density at radius 3 is 2.26 bits per heavy atom. The molecule has 0 spiro atoms. The second-order valence-corrected chi connectivity index (χ2v) is 6.90. The zero-order valence-corrected chi connectivity index (χ0v) is 14.0. The van der Waals surface area contributed by atoms with Crippen LogP contribution in [0.1, 0.15) is 79.6 Å². The van der Waals surface area contributed by atoms with Crippen molar-refractivity contribution >= 4 is 0 Å². The smallest absolute Gasteiger partial charge is 0.0218 e. The number of hydrogen-bond donors (Lipinski definition) is 0. The summed E-state index contributed by atoms with van der Waals surface area (Å²) in [6.07, 6.45) is 11.4. The molecule has 0 bridgehead atoms. The first-order chi connectivity index (χ1) is 8.98. The highest BCUT2D eigenvalue weighted by Gasteiger charge is 2.49. The molecule has 0 aromatic rings. The number of piperidine rings is 1. The molecule has 19 heavy (non-hydrogen) atoms. The van der Waals surface area contributed by atoms with Crippen LogP contribution < -0.4 is 0 Å². The van der Waals surface area contributed by atoms with Crippen molar-refractivity contribution in [2.24, 2.45) is 5.92 Å². The highest BCUT2D eigenvalue weighted by Crippen LogP contribution is 2.47. The van der Waals surface area contributed by atoms with Gasteiger partial charge in [0.1, 0.15) is 0 Å². The average molecular weight is 265 g/mol. The maximum absolute atomic E-state index is 4.02. The molecule has 0 radical (unpaired) electrons. The number of rotatable bonds is 7. The van der Waals surface area contributed by atoms with Gasteiger partial charge in [-0.1, -0.05) is 46.1 Å². The summed E-state index contributed by atoms with van der Waals surface area (Å²) in [5.74, 6) is 0.845. The van der Waals surface area contributed by atoms with Crippen LogP contribution in [0.4, 0.5) is 0 Å². The van der Waals surface area contributed by atoms with E-state index in [2.05, 4.69) is 52.2 Å². The zero-order chi connectivity index (χ0) is 14.5. The van der Waals surface area contributed by atoms with E-state index in [1.807, 2.05) is 0 Å². The number of nitrogens with zero attached hydrogens (tertiary/aromatic N) is 1. The van der Waals surface area contributed by atoms with E-state index in [9.17, 15) is 0 Å². The minimum Gasteiger partial charge on any atom is -0.289 e.